The molecule has 0 aliphatic carbocycles. The summed E-state index contributed by atoms with van der Waals surface area (Å²) in [5, 5.41) is 0. The number of esters is 1. The Morgan fingerprint density at radius 2 is 1.83 bits per heavy atom. The Morgan fingerprint density at radius 3 is 2.75 bits per heavy atom. The molecule has 12 heavy (non-hydrogen) atoms. The molecule has 4 rings (SSSR count). The van der Waals surface area contributed by atoms with Crippen molar-refractivity contribution < 1.29 is 19.0 Å². The summed E-state index contributed by atoms with van der Waals surface area (Å²) in [6.45, 7) is 0.539. The molecule has 0 aromatic heterocycles. The van der Waals surface area contributed by atoms with Crippen molar-refractivity contribution in [3.8, 4) is 0 Å². The van der Waals surface area contributed by atoms with Crippen molar-refractivity contribution in [2.45, 2.75) is 24.4 Å². The quantitative estimate of drug-likeness (QED) is 0.355. The molecule has 6 atom stereocenters. The number of rotatable bonds is 0. The maximum atomic E-state index is 11.3. The van der Waals surface area contributed by atoms with Gasteiger partial charge in [0.15, 0.2) is 0 Å². The summed E-state index contributed by atoms with van der Waals surface area (Å²) >= 11 is 0. The van der Waals surface area contributed by atoms with E-state index in [-0.39, 0.29) is 42.2 Å². The molecule has 4 heterocycles. The third-order valence-electron chi connectivity index (χ3n) is 3.45. The van der Waals surface area contributed by atoms with Gasteiger partial charge < -0.3 is 14.2 Å². The van der Waals surface area contributed by atoms with E-state index in [9.17, 15) is 4.79 Å². The van der Waals surface area contributed by atoms with E-state index in [0.29, 0.717) is 6.61 Å². The van der Waals surface area contributed by atoms with Crippen LogP contribution < -0.4 is 0 Å². The van der Waals surface area contributed by atoms with Crippen LogP contribution >= 0.6 is 0 Å². The van der Waals surface area contributed by atoms with Crippen LogP contribution in [0.15, 0.2) is 0 Å². The van der Waals surface area contributed by atoms with Gasteiger partial charge in [-0.2, -0.15) is 0 Å². The maximum Gasteiger partial charge on any atom is 0.312 e. The first-order chi connectivity index (χ1) is 5.86. The van der Waals surface area contributed by atoms with E-state index >= 15 is 0 Å². The monoisotopic (exact) mass is 168 g/mol. The van der Waals surface area contributed by atoms with Gasteiger partial charge >= 0.3 is 5.97 Å². The number of fused-ring (bicyclic) bond motifs is 8. The second-order valence-corrected chi connectivity index (χ2v) is 3.95. The molecule has 4 fully saturated rings. The third kappa shape index (κ3) is 0.448. The zero-order valence-corrected chi connectivity index (χ0v) is 6.30. The first-order valence-corrected chi connectivity index (χ1v) is 4.34. The smallest absolute Gasteiger partial charge is 0.312 e. The van der Waals surface area contributed by atoms with Gasteiger partial charge in [0.25, 0.3) is 0 Å². The van der Waals surface area contributed by atoms with Crippen molar-refractivity contribution in [2.75, 3.05) is 6.61 Å². The standard InChI is InChI=1S/C8H8O4/c9-8-3-2(1-10-8)4-6-7(12-6)5(3)11-4/h2-7H,1H2/t2-,3-,4-,5+,6+,7-/m0/s1. The van der Waals surface area contributed by atoms with Gasteiger partial charge in [0.1, 0.15) is 18.3 Å². The van der Waals surface area contributed by atoms with Crippen LogP contribution in [0.25, 0.3) is 0 Å². The highest BCUT2D eigenvalue weighted by molar-refractivity contribution is 5.77. The van der Waals surface area contributed by atoms with Crippen LogP contribution in [0, 0.1) is 11.8 Å². The average Bonchev–Trinajstić information content (AvgIpc) is 2.50. The molecule has 0 aromatic rings. The molecule has 2 bridgehead atoms. The zero-order valence-electron chi connectivity index (χ0n) is 6.30. The van der Waals surface area contributed by atoms with Crippen LogP contribution in [-0.2, 0) is 19.0 Å². The maximum absolute atomic E-state index is 11.3. The highest BCUT2D eigenvalue weighted by Gasteiger charge is 2.72. The van der Waals surface area contributed by atoms with Gasteiger partial charge in [-0.15, -0.1) is 0 Å². The summed E-state index contributed by atoms with van der Waals surface area (Å²) in [4.78, 5) is 11.3. The van der Waals surface area contributed by atoms with Crippen molar-refractivity contribution in [1.82, 2.24) is 0 Å². The minimum Gasteiger partial charge on any atom is -0.465 e. The summed E-state index contributed by atoms with van der Waals surface area (Å²) in [5.41, 5.74) is 0. The second-order valence-electron chi connectivity index (χ2n) is 3.95. The van der Waals surface area contributed by atoms with Crippen LogP contribution in [0.3, 0.4) is 0 Å². The SMILES string of the molecule is O=C1OC[C@@H]2[C@@H]3O[C@@H]([C@@H]4O[C@@H]43)[C@@H]12. The minimum absolute atomic E-state index is 0.0139. The zero-order chi connectivity index (χ0) is 7.87. The lowest BCUT2D eigenvalue weighted by Crippen LogP contribution is -2.33. The predicted molar refractivity (Wildman–Crippen MR) is 35.3 cm³/mol. The first-order valence-electron chi connectivity index (χ1n) is 4.34. The number of hydrogen-bond donors (Lipinski definition) is 0. The largest absolute Gasteiger partial charge is 0.465 e. The topological polar surface area (TPSA) is 48.1 Å². The molecule has 0 radical (unpaired) electrons. The Balaban J connectivity index is 1.80. The molecule has 0 amide bonds. The lowest BCUT2D eigenvalue weighted by molar-refractivity contribution is -0.145. The summed E-state index contributed by atoms with van der Waals surface area (Å²) in [7, 11) is 0. The Hall–Kier alpha value is -0.610. The van der Waals surface area contributed by atoms with Gasteiger partial charge in [-0.05, 0) is 0 Å². The third-order valence-corrected chi connectivity index (χ3v) is 3.45. The number of cyclic esters (lactones) is 1. The fourth-order valence-corrected chi connectivity index (χ4v) is 2.86. The Morgan fingerprint density at radius 1 is 1.08 bits per heavy atom. The summed E-state index contributed by atoms with van der Waals surface area (Å²) in [6.07, 6.45) is 0.657. The fraction of sp³-hybridized carbons (Fsp3) is 0.875. The van der Waals surface area contributed by atoms with Gasteiger partial charge in [-0.25, -0.2) is 0 Å². The van der Waals surface area contributed by atoms with Gasteiger partial charge in [-0.1, -0.05) is 0 Å². The highest BCUT2D eigenvalue weighted by Crippen LogP contribution is 2.55. The molecule has 0 unspecified atom stereocenters. The van der Waals surface area contributed by atoms with Gasteiger partial charge in [0.2, 0.25) is 0 Å². The molecule has 0 N–H and O–H groups in total. The van der Waals surface area contributed by atoms with E-state index in [1.54, 1.807) is 0 Å². The lowest BCUT2D eigenvalue weighted by Gasteiger charge is -2.11. The van der Waals surface area contributed by atoms with Crippen LogP contribution in [0.5, 0.6) is 0 Å². The molecule has 64 valence electrons. The molecular formula is C8H8O4. The van der Waals surface area contributed by atoms with Crippen molar-refractivity contribution in [2.24, 2.45) is 11.8 Å². The molecule has 4 heteroatoms. The number of ether oxygens (including phenoxy) is 3. The van der Waals surface area contributed by atoms with Crippen molar-refractivity contribution in [3.63, 3.8) is 0 Å². The summed E-state index contributed by atoms with van der Waals surface area (Å²) < 4.78 is 16.0. The Labute approximate surface area is 68.8 Å². The highest BCUT2D eigenvalue weighted by atomic mass is 16.7. The van der Waals surface area contributed by atoms with Crippen molar-refractivity contribution in [1.29, 1.82) is 0 Å². The van der Waals surface area contributed by atoms with E-state index in [2.05, 4.69) is 0 Å². The molecule has 4 aliphatic heterocycles. The van der Waals surface area contributed by atoms with Crippen molar-refractivity contribution >= 4 is 5.97 Å². The predicted octanol–water partition coefficient (Wildman–Crippen LogP) is -0.676. The van der Waals surface area contributed by atoms with E-state index in [1.807, 2.05) is 0 Å². The molecule has 0 saturated carbocycles. The average molecular weight is 168 g/mol. The van der Waals surface area contributed by atoms with Crippen molar-refractivity contribution in [3.05, 3.63) is 0 Å². The van der Waals surface area contributed by atoms with Gasteiger partial charge in [-0.3, -0.25) is 4.79 Å². The van der Waals surface area contributed by atoms with E-state index in [1.165, 1.54) is 0 Å². The van der Waals surface area contributed by atoms with Crippen LogP contribution in [0.1, 0.15) is 0 Å². The van der Waals surface area contributed by atoms with Crippen LogP contribution in [0.2, 0.25) is 0 Å². The van der Waals surface area contributed by atoms with E-state index in [0.717, 1.165) is 0 Å². The minimum atomic E-state index is -0.0820. The Kier molecular flexibility index (Phi) is 0.762. The van der Waals surface area contributed by atoms with Crippen LogP contribution in [-0.4, -0.2) is 37.0 Å². The molecule has 4 saturated heterocycles. The van der Waals surface area contributed by atoms with Crippen LogP contribution in [0.4, 0.5) is 0 Å². The number of hydrogen-bond acceptors (Lipinski definition) is 4. The molecule has 4 aliphatic rings. The van der Waals surface area contributed by atoms with Gasteiger partial charge in [0, 0.05) is 5.92 Å². The first kappa shape index (κ1) is 5.94. The fourth-order valence-electron chi connectivity index (χ4n) is 2.86. The lowest BCUT2D eigenvalue weighted by atomic mass is 9.81. The second kappa shape index (κ2) is 1.54. The molecule has 0 aromatic carbocycles. The van der Waals surface area contributed by atoms with Gasteiger partial charge in [0.05, 0.1) is 18.6 Å². The van der Waals surface area contributed by atoms with E-state index in [4.69, 9.17) is 14.2 Å². The van der Waals surface area contributed by atoms with E-state index < -0.39 is 0 Å². The molecule has 0 spiro atoms. The summed E-state index contributed by atoms with van der Waals surface area (Å²) in [5.74, 6) is 0.187. The normalized spacial score (nSPS) is 64.5. The Bertz CT molecular complexity index is 274. The number of carbonyl (C=O) groups excluding carboxylic acids is 1. The number of carbonyl (C=O) groups is 1. The summed E-state index contributed by atoms with van der Waals surface area (Å²) in [6, 6.07) is 0. The molecule has 4 nitrogen and oxygen atoms in total. The molecular weight excluding hydrogens is 160 g/mol. The number of epoxide rings is 1.